The van der Waals surface area contributed by atoms with Crippen molar-refractivity contribution >= 4 is 105 Å². The van der Waals surface area contributed by atoms with Gasteiger partial charge in [0.1, 0.15) is 0 Å². The van der Waals surface area contributed by atoms with E-state index in [0.717, 1.165) is 27.2 Å². The second kappa shape index (κ2) is 25.2. The van der Waals surface area contributed by atoms with E-state index in [1.807, 2.05) is 47.2 Å². The first-order valence-corrected chi connectivity index (χ1v) is 25.9. The zero-order valence-electron chi connectivity index (χ0n) is 40.4. The maximum Gasteiger partial charge on any atom is 0.305 e. The highest BCUT2D eigenvalue weighted by Crippen LogP contribution is 2.25. The average molecular weight is 1050 g/mol. The lowest BCUT2D eigenvalue weighted by molar-refractivity contribution is -0.142. The van der Waals surface area contributed by atoms with Gasteiger partial charge in [-0.25, -0.2) is 16.8 Å². The fraction of sp³-hybridized carbons (Fsp3) is 0.208. The first-order valence-electron chi connectivity index (χ1n) is 22.9. The lowest BCUT2D eigenvalue weighted by atomic mass is 10.2. The molecular weight excluding hydrogens is 993 g/mol. The molecule has 0 radical (unpaired) electrons. The number of Topliss-reactive ketones (excluding diaryl/α,β-unsaturated/α-hetero) is 3. The van der Waals surface area contributed by atoms with Crippen molar-refractivity contribution in [2.24, 2.45) is 0 Å². The zero-order chi connectivity index (χ0) is 53.4. The Hall–Kier alpha value is -8.56. The third-order valence-electron chi connectivity index (χ3n) is 11.3. The predicted molar refractivity (Wildman–Crippen MR) is 279 cm³/mol. The number of carbonyl (C=O) groups excluding carboxylic acids is 5. The van der Waals surface area contributed by atoms with E-state index in [1.165, 1.54) is 38.5 Å². The van der Waals surface area contributed by atoms with Gasteiger partial charge in [-0.2, -0.15) is 0 Å². The SMILES string of the molecule is COC(=O)CCC(=O)Cn1ccc2ccc(N)cc21.COC(=O)CCC(=O)Cn1ccc2ccc(NS(=O)(=O)c3ccccc3)cc21.O=C(O)CCC(=O)Cn1ccc2ccc(NS(=O)(=O)c3ccccc3)cc21. The summed E-state index contributed by atoms with van der Waals surface area (Å²) in [4.78, 5) is 69.0. The summed E-state index contributed by atoms with van der Waals surface area (Å²) in [5.41, 5.74) is 9.51. The lowest BCUT2D eigenvalue weighted by Crippen LogP contribution is -2.13. The summed E-state index contributed by atoms with van der Waals surface area (Å²) in [7, 11) is -4.81. The minimum Gasteiger partial charge on any atom is -0.481 e. The number of fused-ring (bicyclic) bond motifs is 3. The fourth-order valence-corrected chi connectivity index (χ4v) is 9.62. The van der Waals surface area contributed by atoms with E-state index in [4.69, 9.17) is 10.8 Å². The highest BCUT2D eigenvalue weighted by molar-refractivity contribution is 7.93. The molecule has 3 aromatic heterocycles. The molecule has 21 heteroatoms. The molecule has 0 bridgehead atoms. The maximum absolute atomic E-state index is 12.5. The van der Waals surface area contributed by atoms with Crippen molar-refractivity contribution in [3.8, 4) is 0 Å². The van der Waals surface area contributed by atoms with Crippen molar-refractivity contribution in [3.05, 3.63) is 152 Å². The normalized spacial score (nSPS) is 11.2. The number of hydrogen-bond donors (Lipinski definition) is 4. The lowest BCUT2D eigenvalue weighted by Gasteiger charge is -2.10. The van der Waals surface area contributed by atoms with Crippen molar-refractivity contribution < 1.29 is 60.2 Å². The van der Waals surface area contributed by atoms with Crippen LogP contribution in [0.2, 0.25) is 0 Å². The summed E-state index contributed by atoms with van der Waals surface area (Å²) in [5, 5.41) is 11.4. The van der Waals surface area contributed by atoms with E-state index in [-0.39, 0.29) is 91.3 Å². The minimum absolute atomic E-state index is 0.00896. The number of ether oxygens (including phenoxy) is 2. The Balaban J connectivity index is 0.000000184. The zero-order valence-corrected chi connectivity index (χ0v) is 42.0. The molecule has 0 aliphatic heterocycles. The monoisotopic (exact) mass is 1050 g/mol. The molecule has 8 aromatic rings. The van der Waals surface area contributed by atoms with Gasteiger partial charge in [-0.1, -0.05) is 54.6 Å². The highest BCUT2D eigenvalue weighted by atomic mass is 32.2. The number of nitrogens with one attached hydrogen (secondary N) is 2. The van der Waals surface area contributed by atoms with Gasteiger partial charge in [-0.05, 0) is 95.0 Å². The van der Waals surface area contributed by atoms with E-state index >= 15 is 0 Å². The van der Waals surface area contributed by atoms with Crippen LogP contribution in [-0.4, -0.2) is 85.1 Å². The number of esters is 2. The summed E-state index contributed by atoms with van der Waals surface area (Å²) >= 11 is 0. The summed E-state index contributed by atoms with van der Waals surface area (Å²) in [6, 6.07) is 37.5. The first kappa shape index (κ1) is 54.8. The Morgan fingerprint density at radius 3 is 1.19 bits per heavy atom. The van der Waals surface area contributed by atoms with Gasteiger partial charge < -0.3 is 34.0 Å². The number of carboxylic acids is 1. The van der Waals surface area contributed by atoms with Gasteiger partial charge in [0.25, 0.3) is 20.0 Å². The maximum atomic E-state index is 12.5. The van der Waals surface area contributed by atoms with Gasteiger partial charge in [0.05, 0.1) is 90.8 Å². The molecule has 3 heterocycles. The Kier molecular flexibility index (Phi) is 18.7. The van der Waals surface area contributed by atoms with Crippen molar-refractivity contribution in [2.75, 3.05) is 29.4 Å². The number of ketones is 3. The predicted octanol–water partition coefficient (Wildman–Crippen LogP) is 7.59. The number of nitrogens with two attached hydrogens (primary N) is 1. The van der Waals surface area contributed by atoms with Crippen molar-refractivity contribution in [1.29, 1.82) is 0 Å². The van der Waals surface area contributed by atoms with E-state index in [1.54, 1.807) is 94.3 Å². The highest BCUT2D eigenvalue weighted by Gasteiger charge is 2.17. The number of aromatic nitrogens is 3. The van der Waals surface area contributed by atoms with Crippen molar-refractivity contribution in [2.45, 2.75) is 68.0 Å². The molecule has 8 rings (SSSR count). The molecule has 0 amide bonds. The molecule has 19 nitrogen and oxygen atoms in total. The van der Waals surface area contributed by atoms with Crippen LogP contribution in [0.5, 0.6) is 0 Å². The van der Waals surface area contributed by atoms with Crippen LogP contribution < -0.4 is 15.2 Å². The fourth-order valence-electron chi connectivity index (χ4n) is 7.48. The summed E-state index contributed by atoms with van der Waals surface area (Å²) < 4.78 is 69.3. The molecule has 0 saturated heterocycles. The minimum atomic E-state index is -3.71. The smallest absolute Gasteiger partial charge is 0.305 e. The van der Waals surface area contributed by atoms with Gasteiger partial charge in [-0.3, -0.25) is 38.2 Å². The molecule has 386 valence electrons. The Labute approximate surface area is 426 Å². The quantitative estimate of drug-likeness (QED) is 0.0399. The molecule has 0 fully saturated rings. The average Bonchev–Trinajstić information content (AvgIpc) is 4.11. The second-order valence-electron chi connectivity index (χ2n) is 16.7. The molecule has 0 aliphatic carbocycles. The molecule has 0 spiro atoms. The number of nitrogens with zero attached hydrogens (tertiary/aromatic N) is 3. The van der Waals surface area contributed by atoms with Gasteiger partial charge in [0.15, 0.2) is 17.3 Å². The van der Waals surface area contributed by atoms with Crippen LogP contribution in [-0.2, 0) is 77.9 Å². The molecule has 5 aromatic carbocycles. The number of carboxylic acid groups (broad SMARTS) is 1. The largest absolute Gasteiger partial charge is 0.481 e. The number of anilines is 3. The van der Waals surface area contributed by atoms with Crippen LogP contribution in [0.25, 0.3) is 32.7 Å². The number of benzene rings is 5. The van der Waals surface area contributed by atoms with Gasteiger partial charge >= 0.3 is 17.9 Å². The molecule has 0 aliphatic rings. The Bertz CT molecular complexity index is 3530. The van der Waals surface area contributed by atoms with Crippen LogP contribution in [0.1, 0.15) is 38.5 Å². The molecule has 0 saturated carbocycles. The summed E-state index contributed by atoms with van der Waals surface area (Å²) in [5.74, 6) is -2.13. The van der Waals surface area contributed by atoms with Crippen LogP contribution in [0, 0.1) is 0 Å². The van der Waals surface area contributed by atoms with Crippen molar-refractivity contribution in [1.82, 2.24) is 13.7 Å². The number of aliphatic carboxylic acids is 1. The number of hydrogen-bond acceptors (Lipinski definition) is 13. The Morgan fingerprint density at radius 2 is 0.824 bits per heavy atom. The molecule has 0 unspecified atom stereocenters. The number of rotatable bonds is 21. The van der Waals surface area contributed by atoms with Gasteiger partial charge in [-0.15, -0.1) is 0 Å². The van der Waals surface area contributed by atoms with Crippen LogP contribution in [0.3, 0.4) is 0 Å². The van der Waals surface area contributed by atoms with E-state index < -0.39 is 32.0 Å². The van der Waals surface area contributed by atoms with E-state index in [9.17, 15) is 45.6 Å². The molecule has 5 N–H and O–H groups in total. The summed E-state index contributed by atoms with van der Waals surface area (Å²) in [6.07, 6.45) is 5.51. The van der Waals surface area contributed by atoms with Crippen LogP contribution >= 0.6 is 0 Å². The topological polar surface area (TPSA) is 274 Å². The molecule has 0 atom stereocenters. The molecule has 74 heavy (non-hydrogen) atoms. The first-order chi connectivity index (χ1) is 35.3. The third-order valence-corrected chi connectivity index (χ3v) is 14.1. The third kappa shape index (κ3) is 15.5. The van der Waals surface area contributed by atoms with Crippen LogP contribution in [0.4, 0.5) is 17.1 Å². The van der Waals surface area contributed by atoms with Gasteiger partial charge in [0.2, 0.25) is 0 Å². The number of sulfonamides is 2. The van der Waals surface area contributed by atoms with Crippen molar-refractivity contribution in [3.63, 3.8) is 0 Å². The van der Waals surface area contributed by atoms with E-state index in [2.05, 4.69) is 18.9 Å². The van der Waals surface area contributed by atoms with Gasteiger partial charge in [0, 0.05) is 43.5 Å². The molecular formula is C53H54N6O13S2. The number of nitrogen functional groups attached to an aromatic ring is 1. The number of carbonyl (C=O) groups is 6. The standard InChI is InChI=1S/C20H20N2O5S.C19H18N2O5S.C14H16N2O3/c1-27-20(24)10-9-17(23)14-22-12-11-15-7-8-16(13-19(15)22)21-28(25,26)18-5-3-2-4-6-18;22-16(8-9-19(23)24)13-21-11-10-14-6-7-15(12-18(14)21)20-27(25,26)17-4-2-1-3-5-17;1-19-14(18)5-4-12(17)9-16-7-6-10-2-3-11(15)8-13(10)16/h2-8,11-13,21H,9-10,14H2,1H3;1-7,10-12,20H,8-9,13H2,(H,23,24);2-3,6-8H,4-5,9,15H2,1H3. The summed E-state index contributed by atoms with van der Waals surface area (Å²) in [6.45, 7) is 0.366. The van der Waals surface area contributed by atoms with E-state index in [0.29, 0.717) is 22.6 Å². The van der Waals surface area contributed by atoms with Crippen LogP contribution in [0.15, 0.2) is 162 Å². The number of methoxy groups -OCH3 is 2. The Morgan fingerprint density at radius 1 is 0.473 bits per heavy atom. The second-order valence-corrected chi connectivity index (χ2v) is 20.1.